The molecule has 0 saturated heterocycles. The van der Waals surface area contributed by atoms with Gasteiger partial charge in [0.15, 0.2) is 0 Å². The highest BCUT2D eigenvalue weighted by Gasteiger charge is 2.09. The van der Waals surface area contributed by atoms with Crippen molar-refractivity contribution in [3.05, 3.63) is 42.6 Å². The van der Waals surface area contributed by atoms with Crippen molar-refractivity contribution >= 4 is 23.4 Å². The number of amides is 1. The number of thioether (sulfide) groups is 1. The van der Waals surface area contributed by atoms with Gasteiger partial charge in [-0.1, -0.05) is 6.07 Å². The molecule has 0 saturated carbocycles. The van der Waals surface area contributed by atoms with Crippen LogP contribution in [0.15, 0.2) is 47.6 Å². The minimum Gasteiger partial charge on any atom is -0.497 e. The molecule has 6 heteroatoms. The summed E-state index contributed by atoms with van der Waals surface area (Å²) in [5.41, 5.74) is 0.635. The summed E-state index contributed by atoms with van der Waals surface area (Å²) in [5, 5.41) is 3.76. The van der Waals surface area contributed by atoms with Gasteiger partial charge in [-0.3, -0.25) is 4.79 Å². The Kier molecular flexibility index (Phi) is 6.09. The Labute approximate surface area is 134 Å². The third kappa shape index (κ3) is 4.66. The van der Waals surface area contributed by atoms with Crippen LogP contribution in [-0.4, -0.2) is 30.9 Å². The van der Waals surface area contributed by atoms with Crippen molar-refractivity contribution in [3.63, 3.8) is 0 Å². The van der Waals surface area contributed by atoms with E-state index in [2.05, 4.69) is 10.3 Å². The maximum atomic E-state index is 12.0. The highest BCUT2D eigenvalue weighted by atomic mass is 32.2. The number of carbonyl (C=O) groups is 1. The molecule has 1 heterocycles. The molecule has 0 aliphatic rings. The fourth-order valence-electron chi connectivity index (χ4n) is 1.80. The molecular formula is C16H18N2O3S. The molecule has 1 N–H and O–H groups in total. The average molecular weight is 318 g/mol. The van der Waals surface area contributed by atoms with Gasteiger partial charge in [0.05, 0.1) is 24.9 Å². The van der Waals surface area contributed by atoms with Gasteiger partial charge in [0.2, 0.25) is 5.91 Å². The van der Waals surface area contributed by atoms with Gasteiger partial charge >= 0.3 is 0 Å². The number of anilines is 1. The topological polar surface area (TPSA) is 60.5 Å². The van der Waals surface area contributed by atoms with Gasteiger partial charge < -0.3 is 14.8 Å². The van der Waals surface area contributed by atoms with Crippen LogP contribution in [0.25, 0.3) is 0 Å². The van der Waals surface area contributed by atoms with E-state index in [0.717, 1.165) is 5.03 Å². The van der Waals surface area contributed by atoms with Crippen LogP contribution in [0.1, 0.15) is 6.42 Å². The van der Waals surface area contributed by atoms with E-state index in [-0.39, 0.29) is 5.91 Å². The first-order valence-corrected chi connectivity index (χ1v) is 7.77. The summed E-state index contributed by atoms with van der Waals surface area (Å²) >= 11 is 1.55. The van der Waals surface area contributed by atoms with Crippen molar-refractivity contribution in [3.8, 4) is 11.5 Å². The number of methoxy groups -OCH3 is 2. The Hall–Kier alpha value is -2.21. The normalized spacial score (nSPS) is 10.1. The minimum absolute atomic E-state index is 0.0631. The molecule has 1 amide bonds. The van der Waals surface area contributed by atoms with Crippen LogP contribution in [0.4, 0.5) is 5.69 Å². The molecule has 2 rings (SSSR count). The lowest BCUT2D eigenvalue weighted by Gasteiger charge is -2.11. The quantitative estimate of drug-likeness (QED) is 0.794. The number of nitrogens with one attached hydrogen (secondary N) is 1. The summed E-state index contributed by atoms with van der Waals surface area (Å²) in [4.78, 5) is 16.2. The third-order valence-electron chi connectivity index (χ3n) is 2.90. The fourth-order valence-corrected chi connectivity index (χ4v) is 2.60. The van der Waals surface area contributed by atoms with Crippen molar-refractivity contribution < 1.29 is 14.3 Å². The Morgan fingerprint density at radius 1 is 1.23 bits per heavy atom. The van der Waals surface area contributed by atoms with Crippen LogP contribution in [0.5, 0.6) is 11.5 Å². The van der Waals surface area contributed by atoms with Crippen molar-refractivity contribution in [1.29, 1.82) is 0 Å². The van der Waals surface area contributed by atoms with E-state index in [1.165, 1.54) is 0 Å². The first kappa shape index (κ1) is 16.2. The number of hydrogen-bond donors (Lipinski definition) is 1. The van der Waals surface area contributed by atoms with Gasteiger partial charge in [0.25, 0.3) is 0 Å². The first-order chi connectivity index (χ1) is 10.7. The minimum atomic E-state index is -0.0631. The molecular weight excluding hydrogens is 300 g/mol. The molecule has 0 unspecified atom stereocenters. The zero-order chi connectivity index (χ0) is 15.8. The Morgan fingerprint density at radius 3 is 2.77 bits per heavy atom. The zero-order valence-electron chi connectivity index (χ0n) is 12.5. The largest absolute Gasteiger partial charge is 0.497 e. The lowest BCUT2D eigenvalue weighted by Crippen LogP contribution is -2.13. The van der Waals surface area contributed by atoms with Crippen molar-refractivity contribution in [2.24, 2.45) is 0 Å². The molecule has 1 aromatic carbocycles. The molecule has 5 nitrogen and oxygen atoms in total. The molecule has 0 radical (unpaired) electrons. The molecule has 1 aromatic heterocycles. The number of ether oxygens (including phenoxy) is 2. The average Bonchev–Trinajstić information content (AvgIpc) is 2.56. The van der Waals surface area contributed by atoms with E-state index in [0.29, 0.717) is 29.4 Å². The van der Waals surface area contributed by atoms with Crippen molar-refractivity contribution in [2.75, 3.05) is 25.3 Å². The summed E-state index contributed by atoms with van der Waals surface area (Å²) < 4.78 is 10.4. The fraction of sp³-hybridized carbons (Fsp3) is 0.250. The van der Waals surface area contributed by atoms with Crippen LogP contribution >= 0.6 is 11.8 Å². The summed E-state index contributed by atoms with van der Waals surface area (Å²) in [6, 6.07) is 11.0. The molecule has 116 valence electrons. The van der Waals surface area contributed by atoms with E-state index in [4.69, 9.17) is 9.47 Å². The van der Waals surface area contributed by atoms with Crippen LogP contribution in [-0.2, 0) is 4.79 Å². The summed E-state index contributed by atoms with van der Waals surface area (Å²) in [6.45, 7) is 0. The second kappa shape index (κ2) is 8.29. The van der Waals surface area contributed by atoms with Crippen LogP contribution in [0.3, 0.4) is 0 Å². The summed E-state index contributed by atoms with van der Waals surface area (Å²) in [5.74, 6) is 1.86. The first-order valence-electron chi connectivity index (χ1n) is 6.78. The maximum Gasteiger partial charge on any atom is 0.225 e. The number of aromatic nitrogens is 1. The number of rotatable bonds is 7. The molecule has 0 fully saturated rings. The highest BCUT2D eigenvalue weighted by Crippen LogP contribution is 2.29. The maximum absolute atomic E-state index is 12.0. The molecule has 22 heavy (non-hydrogen) atoms. The predicted molar refractivity (Wildman–Crippen MR) is 87.8 cm³/mol. The van der Waals surface area contributed by atoms with Gasteiger partial charge in [0.1, 0.15) is 11.5 Å². The van der Waals surface area contributed by atoms with E-state index in [1.807, 2.05) is 18.2 Å². The second-order valence-corrected chi connectivity index (χ2v) is 5.50. The van der Waals surface area contributed by atoms with Crippen molar-refractivity contribution in [2.45, 2.75) is 11.4 Å². The second-order valence-electron chi connectivity index (χ2n) is 4.38. The molecule has 0 bridgehead atoms. The summed E-state index contributed by atoms with van der Waals surface area (Å²) in [6.07, 6.45) is 2.14. The van der Waals surface area contributed by atoms with Crippen LogP contribution < -0.4 is 14.8 Å². The monoisotopic (exact) mass is 318 g/mol. The van der Waals surface area contributed by atoms with Gasteiger partial charge in [-0.25, -0.2) is 4.98 Å². The molecule has 0 aliphatic carbocycles. The van der Waals surface area contributed by atoms with E-state index < -0.39 is 0 Å². The van der Waals surface area contributed by atoms with E-state index in [1.54, 1.807) is 50.4 Å². The number of nitrogens with zero attached hydrogens (tertiary/aromatic N) is 1. The summed E-state index contributed by atoms with van der Waals surface area (Å²) in [7, 11) is 3.14. The van der Waals surface area contributed by atoms with Gasteiger partial charge in [0, 0.05) is 24.4 Å². The van der Waals surface area contributed by atoms with Crippen molar-refractivity contribution in [1.82, 2.24) is 4.98 Å². The van der Waals surface area contributed by atoms with Gasteiger partial charge in [-0.05, 0) is 24.3 Å². The molecule has 0 atom stereocenters. The number of benzene rings is 1. The lowest BCUT2D eigenvalue weighted by molar-refractivity contribution is -0.115. The zero-order valence-corrected chi connectivity index (χ0v) is 13.4. The van der Waals surface area contributed by atoms with Gasteiger partial charge in [-0.2, -0.15) is 0 Å². The van der Waals surface area contributed by atoms with Gasteiger partial charge in [-0.15, -0.1) is 11.8 Å². The van der Waals surface area contributed by atoms with Crippen LogP contribution in [0.2, 0.25) is 0 Å². The highest BCUT2D eigenvalue weighted by molar-refractivity contribution is 7.99. The third-order valence-corrected chi connectivity index (χ3v) is 3.85. The van der Waals surface area contributed by atoms with Crippen LogP contribution in [0, 0.1) is 0 Å². The Bertz CT molecular complexity index is 620. The lowest BCUT2D eigenvalue weighted by atomic mass is 10.2. The Balaban J connectivity index is 1.86. The Morgan fingerprint density at radius 2 is 2.09 bits per heavy atom. The predicted octanol–water partition coefficient (Wildman–Crippen LogP) is 3.22. The SMILES string of the molecule is COc1ccc(NC(=O)CCSc2ccccn2)c(OC)c1. The molecule has 0 spiro atoms. The molecule has 2 aromatic rings. The number of pyridine rings is 1. The standard InChI is InChI=1S/C16H18N2O3S/c1-20-12-6-7-13(14(11-12)21-2)18-15(19)8-10-22-16-5-3-4-9-17-16/h3-7,9,11H,8,10H2,1-2H3,(H,18,19). The molecule has 0 aliphatic heterocycles. The number of hydrogen-bond acceptors (Lipinski definition) is 5. The smallest absolute Gasteiger partial charge is 0.225 e. The van der Waals surface area contributed by atoms with E-state index >= 15 is 0 Å². The van der Waals surface area contributed by atoms with E-state index in [9.17, 15) is 4.79 Å². The number of carbonyl (C=O) groups excluding carboxylic acids is 1.